The van der Waals surface area contributed by atoms with Gasteiger partial charge < -0.3 is 15.2 Å². The summed E-state index contributed by atoms with van der Waals surface area (Å²) in [7, 11) is 1.54. The first-order valence-electron chi connectivity index (χ1n) is 6.82. The maximum Gasteiger partial charge on any atom is 0.255 e. The minimum absolute atomic E-state index is 0.0143. The van der Waals surface area contributed by atoms with Crippen molar-refractivity contribution in [2.75, 3.05) is 7.11 Å². The number of carbonyl (C=O) groups is 1. The summed E-state index contributed by atoms with van der Waals surface area (Å²) in [5.41, 5.74) is 0.272. The second-order valence-electron chi connectivity index (χ2n) is 5.14. The molecule has 0 aliphatic heterocycles. The fourth-order valence-corrected chi connectivity index (χ4v) is 2.17. The lowest BCUT2D eigenvalue weighted by atomic mass is 10.1. The van der Waals surface area contributed by atoms with Crippen LogP contribution < -0.4 is 10.1 Å². The summed E-state index contributed by atoms with van der Waals surface area (Å²) in [6, 6.07) is 4.86. The van der Waals surface area contributed by atoms with Crippen molar-refractivity contribution < 1.29 is 14.6 Å². The molecule has 2 rings (SSSR count). The van der Waals surface area contributed by atoms with Crippen LogP contribution in [-0.2, 0) is 0 Å². The molecule has 1 amide bonds. The van der Waals surface area contributed by atoms with Gasteiger partial charge in [0.1, 0.15) is 11.5 Å². The first kappa shape index (κ1) is 13.7. The first-order chi connectivity index (χ1) is 9.13. The van der Waals surface area contributed by atoms with E-state index in [2.05, 4.69) is 12.2 Å². The van der Waals surface area contributed by atoms with Crippen molar-refractivity contribution in [3.05, 3.63) is 23.8 Å². The molecule has 0 saturated heterocycles. The molecular weight excluding hydrogens is 242 g/mol. The van der Waals surface area contributed by atoms with E-state index >= 15 is 0 Å². The zero-order chi connectivity index (χ0) is 13.8. The van der Waals surface area contributed by atoms with Gasteiger partial charge in [0, 0.05) is 6.04 Å². The fourth-order valence-electron chi connectivity index (χ4n) is 2.17. The summed E-state index contributed by atoms with van der Waals surface area (Å²) in [4.78, 5) is 12.2. The number of hydrogen-bond acceptors (Lipinski definition) is 3. The maximum absolute atomic E-state index is 12.2. The molecule has 1 aromatic rings. The van der Waals surface area contributed by atoms with Crippen molar-refractivity contribution >= 4 is 5.91 Å². The predicted molar refractivity (Wildman–Crippen MR) is 73.5 cm³/mol. The molecule has 19 heavy (non-hydrogen) atoms. The van der Waals surface area contributed by atoms with Crippen LogP contribution >= 0.6 is 0 Å². The van der Waals surface area contributed by atoms with Gasteiger partial charge in [0.25, 0.3) is 5.91 Å². The Morgan fingerprint density at radius 2 is 2.26 bits per heavy atom. The van der Waals surface area contributed by atoms with Gasteiger partial charge in [0.15, 0.2) is 0 Å². The van der Waals surface area contributed by atoms with Gasteiger partial charge in [0.05, 0.1) is 12.7 Å². The number of hydrogen-bond donors (Lipinski definition) is 2. The lowest BCUT2D eigenvalue weighted by Crippen LogP contribution is -2.34. The molecule has 1 aromatic carbocycles. The number of nitrogens with one attached hydrogen (secondary N) is 1. The molecular formula is C15H21NO3. The molecule has 0 bridgehead atoms. The molecule has 1 atom stereocenters. The maximum atomic E-state index is 12.2. The minimum Gasteiger partial charge on any atom is -0.507 e. The van der Waals surface area contributed by atoms with Gasteiger partial charge in [-0.1, -0.05) is 19.8 Å². The van der Waals surface area contributed by atoms with Crippen LogP contribution in [0.4, 0.5) is 0 Å². The molecule has 104 valence electrons. The molecule has 1 unspecified atom stereocenters. The first-order valence-corrected chi connectivity index (χ1v) is 6.82. The van der Waals surface area contributed by atoms with Crippen LogP contribution in [-0.4, -0.2) is 24.2 Å². The quantitative estimate of drug-likeness (QED) is 0.829. The Morgan fingerprint density at radius 3 is 2.84 bits per heavy atom. The van der Waals surface area contributed by atoms with Crippen LogP contribution in [0.5, 0.6) is 11.5 Å². The van der Waals surface area contributed by atoms with E-state index < -0.39 is 0 Å². The van der Waals surface area contributed by atoms with Crippen LogP contribution in [0.1, 0.15) is 43.0 Å². The summed E-state index contributed by atoms with van der Waals surface area (Å²) in [6.45, 7) is 2.07. The lowest BCUT2D eigenvalue weighted by molar-refractivity contribution is 0.0929. The average molecular weight is 263 g/mol. The standard InChI is InChI=1S/C15H21NO3/c1-3-11(8-10-4-5-10)16-15(18)13-9-12(19-2)6-7-14(13)17/h6-7,9-11,17H,3-5,8H2,1-2H3,(H,16,18). The lowest BCUT2D eigenvalue weighted by Gasteiger charge is -2.17. The summed E-state index contributed by atoms with van der Waals surface area (Å²) < 4.78 is 5.07. The third-order valence-electron chi connectivity index (χ3n) is 3.59. The molecule has 1 saturated carbocycles. The van der Waals surface area contributed by atoms with Gasteiger partial charge in [-0.15, -0.1) is 0 Å². The van der Waals surface area contributed by atoms with Crippen molar-refractivity contribution in [3.8, 4) is 11.5 Å². The zero-order valence-corrected chi connectivity index (χ0v) is 11.5. The van der Waals surface area contributed by atoms with Gasteiger partial charge in [-0.05, 0) is 37.0 Å². The smallest absolute Gasteiger partial charge is 0.255 e. The van der Waals surface area contributed by atoms with Crippen molar-refractivity contribution in [3.63, 3.8) is 0 Å². The number of phenolic OH excluding ortho intramolecular Hbond substituents is 1. The van der Waals surface area contributed by atoms with Gasteiger partial charge >= 0.3 is 0 Å². The highest BCUT2D eigenvalue weighted by molar-refractivity contribution is 5.97. The van der Waals surface area contributed by atoms with E-state index in [4.69, 9.17) is 4.74 Å². The van der Waals surface area contributed by atoms with Crippen LogP contribution in [0.2, 0.25) is 0 Å². The fraction of sp³-hybridized carbons (Fsp3) is 0.533. The van der Waals surface area contributed by atoms with E-state index in [0.29, 0.717) is 5.75 Å². The highest BCUT2D eigenvalue weighted by atomic mass is 16.5. The van der Waals surface area contributed by atoms with E-state index in [1.54, 1.807) is 12.1 Å². The Bertz CT molecular complexity index is 455. The summed E-state index contributed by atoms with van der Waals surface area (Å²) in [6.07, 6.45) is 4.49. The van der Waals surface area contributed by atoms with Crippen molar-refractivity contribution in [2.45, 2.75) is 38.6 Å². The Kier molecular flexibility index (Phi) is 4.30. The Balaban J connectivity index is 2.04. The number of aromatic hydroxyl groups is 1. The SMILES string of the molecule is CCC(CC1CC1)NC(=O)c1cc(OC)ccc1O. The highest BCUT2D eigenvalue weighted by Gasteiger charge is 2.26. The van der Waals surface area contributed by atoms with Crippen LogP contribution in [0.25, 0.3) is 0 Å². The topological polar surface area (TPSA) is 58.6 Å². The number of benzene rings is 1. The number of phenols is 1. The summed E-state index contributed by atoms with van der Waals surface area (Å²) >= 11 is 0. The molecule has 1 fully saturated rings. The highest BCUT2D eigenvalue weighted by Crippen LogP contribution is 2.34. The van der Waals surface area contributed by atoms with Crippen molar-refractivity contribution in [1.29, 1.82) is 0 Å². The molecule has 1 aliphatic rings. The second kappa shape index (κ2) is 5.95. The third kappa shape index (κ3) is 3.63. The molecule has 2 N–H and O–H groups in total. The van der Waals surface area contributed by atoms with Gasteiger partial charge in [-0.25, -0.2) is 0 Å². The monoisotopic (exact) mass is 263 g/mol. The van der Waals surface area contributed by atoms with Crippen LogP contribution in [0, 0.1) is 5.92 Å². The predicted octanol–water partition coefficient (Wildman–Crippen LogP) is 2.71. The number of rotatable bonds is 6. The summed E-state index contributed by atoms with van der Waals surface area (Å²) in [5, 5.41) is 12.8. The Labute approximate surface area is 113 Å². The largest absolute Gasteiger partial charge is 0.507 e. The molecule has 1 aliphatic carbocycles. The molecule has 4 heteroatoms. The van der Waals surface area contributed by atoms with Crippen molar-refractivity contribution in [2.24, 2.45) is 5.92 Å². The molecule has 0 radical (unpaired) electrons. The Morgan fingerprint density at radius 1 is 1.53 bits per heavy atom. The molecule has 0 heterocycles. The average Bonchev–Trinajstić information content (AvgIpc) is 3.22. The molecule has 0 spiro atoms. The number of ether oxygens (including phenoxy) is 1. The van der Waals surface area contributed by atoms with E-state index in [1.165, 1.54) is 26.0 Å². The van der Waals surface area contributed by atoms with Crippen LogP contribution in [0.15, 0.2) is 18.2 Å². The minimum atomic E-state index is -0.232. The van der Waals surface area contributed by atoms with E-state index in [0.717, 1.165) is 18.8 Å². The van der Waals surface area contributed by atoms with Gasteiger partial charge in [-0.2, -0.15) is 0 Å². The number of amides is 1. The summed E-state index contributed by atoms with van der Waals surface area (Å²) in [5.74, 6) is 1.09. The third-order valence-corrected chi connectivity index (χ3v) is 3.59. The molecule has 4 nitrogen and oxygen atoms in total. The zero-order valence-electron chi connectivity index (χ0n) is 11.5. The van der Waals surface area contributed by atoms with E-state index in [9.17, 15) is 9.90 Å². The van der Waals surface area contributed by atoms with E-state index in [1.807, 2.05) is 0 Å². The number of carbonyl (C=O) groups excluding carboxylic acids is 1. The second-order valence-corrected chi connectivity index (χ2v) is 5.14. The normalized spacial score (nSPS) is 15.9. The van der Waals surface area contributed by atoms with Gasteiger partial charge in [0.2, 0.25) is 0 Å². The van der Waals surface area contributed by atoms with Crippen molar-refractivity contribution in [1.82, 2.24) is 5.32 Å². The Hall–Kier alpha value is -1.71. The van der Waals surface area contributed by atoms with E-state index in [-0.39, 0.29) is 23.3 Å². The molecule has 0 aromatic heterocycles. The van der Waals surface area contributed by atoms with Crippen LogP contribution in [0.3, 0.4) is 0 Å². The van der Waals surface area contributed by atoms with Gasteiger partial charge in [-0.3, -0.25) is 4.79 Å². The number of methoxy groups -OCH3 is 1.